The number of carbonyl (C=O) groups is 2. The van der Waals surface area contributed by atoms with Crippen molar-refractivity contribution < 1.29 is 14.7 Å². The van der Waals surface area contributed by atoms with Crippen molar-refractivity contribution in [3.63, 3.8) is 0 Å². The topological polar surface area (TPSA) is 134 Å². The van der Waals surface area contributed by atoms with Crippen molar-refractivity contribution in [2.24, 2.45) is 0 Å². The molecule has 0 aromatic heterocycles. The summed E-state index contributed by atoms with van der Waals surface area (Å²) in [5.41, 5.74) is 16.9. The molecule has 0 fully saturated rings. The van der Waals surface area contributed by atoms with Gasteiger partial charge >= 0.3 is 6.09 Å². The zero-order valence-electron chi connectivity index (χ0n) is 18.1. The number of anilines is 4. The van der Waals surface area contributed by atoms with E-state index in [9.17, 15) is 9.59 Å². The molecule has 3 rings (SSSR count). The highest BCUT2D eigenvalue weighted by molar-refractivity contribution is 6.06. The summed E-state index contributed by atoms with van der Waals surface area (Å²) in [6.07, 6.45) is -0.570. The van der Waals surface area contributed by atoms with Gasteiger partial charge in [0, 0.05) is 23.5 Å². The van der Waals surface area contributed by atoms with Gasteiger partial charge in [0.25, 0.3) is 5.91 Å². The lowest BCUT2D eigenvalue weighted by Gasteiger charge is -2.15. The van der Waals surface area contributed by atoms with Crippen molar-refractivity contribution in [2.75, 3.05) is 42.7 Å². The third kappa shape index (κ3) is 5.77. The summed E-state index contributed by atoms with van der Waals surface area (Å²) in [7, 11) is 3.86. The van der Waals surface area contributed by atoms with Crippen LogP contribution in [0.15, 0.2) is 60.7 Å². The quantitative estimate of drug-likeness (QED) is 0.358. The molecule has 0 aliphatic rings. The molecule has 0 radical (unpaired) electrons. The second-order valence-electron chi connectivity index (χ2n) is 7.73. The van der Waals surface area contributed by atoms with Gasteiger partial charge in [0.15, 0.2) is 0 Å². The van der Waals surface area contributed by atoms with E-state index in [1.807, 2.05) is 55.4 Å². The lowest BCUT2D eigenvalue weighted by atomic mass is 10.0. The van der Waals surface area contributed by atoms with Gasteiger partial charge in [-0.05, 0) is 79.7 Å². The van der Waals surface area contributed by atoms with E-state index in [0.29, 0.717) is 41.3 Å². The highest BCUT2D eigenvalue weighted by Crippen LogP contribution is 2.28. The first-order chi connectivity index (χ1) is 15.2. The van der Waals surface area contributed by atoms with Gasteiger partial charge in [0.2, 0.25) is 0 Å². The summed E-state index contributed by atoms with van der Waals surface area (Å²) in [5.74, 6) is -0.334. The predicted molar refractivity (Wildman–Crippen MR) is 129 cm³/mol. The van der Waals surface area contributed by atoms with Gasteiger partial charge in [-0.1, -0.05) is 18.2 Å². The van der Waals surface area contributed by atoms with Gasteiger partial charge < -0.3 is 26.8 Å². The van der Waals surface area contributed by atoms with Crippen LogP contribution in [0.25, 0.3) is 11.1 Å². The molecule has 0 atom stereocenters. The fourth-order valence-electron chi connectivity index (χ4n) is 3.24. The molecule has 0 saturated heterocycles. The fraction of sp³-hybridized carbons (Fsp3) is 0.167. The molecule has 8 heteroatoms. The van der Waals surface area contributed by atoms with Crippen LogP contribution in [0.1, 0.15) is 15.9 Å². The normalized spacial score (nSPS) is 10.7. The Kier molecular flexibility index (Phi) is 6.97. The standard InChI is InChI=1S/C24H27N5O3/c1-29(2)12-11-17-13-18(6-10-21(17)28-24(31)32)23(30)27-22-14-16(5-9-20(22)26)15-3-7-19(25)8-4-15/h3-10,13-14,28H,11-12,25-26H2,1-2H3,(H,27,30)(H,31,32). The van der Waals surface area contributed by atoms with Crippen molar-refractivity contribution in [3.8, 4) is 11.1 Å². The van der Waals surface area contributed by atoms with Crippen LogP contribution in [0.4, 0.5) is 27.5 Å². The van der Waals surface area contributed by atoms with E-state index < -0.39 is 6.09 Å². The van der Waals surface area contributed by atoms with Gasteiger partial charge in [0.1, 0.15) is 0 Å². The Bertz CT molecular complexity index is 1130. The minimum atomic E-state index is -1.15. The third-order valence-corrected chi connectivity index (χ3v) is 4.98. The Morgan fingerprint density at radius 1 is 0.875 bits per heavy atom. The van der Waals surface area contributed by atoms with Gasteiger partial charge in [-0.2, -0.15) is 0 Å². The molecule has 2 amide bonds. The molecule has 0 saturated carbocycles. The molecule has 0 aliphatic heterocycles. The van der Waals surface area contributed by atoms with Gasteiger partial charge in [0.05, 0.1) is 11.4 Å². The summed E-state index contributed by atoms with van der Waals surface area (Å²) in [5, 5.41) is 14.3. The van der Waals surface area contributed by atoms with Crippen LogP contribution < -0.4 is 22.1 Å². The molecule has 0 spiro atoms. The molecule has 0 aliphatic carbocycles. The number of nitrogens with zero attached hydrogens (tertiary/aromatic N) is 1. The Morgan fingerprint density at radius 3 is 2.22 bits per heavy atom. The SMILES string of the molecule is CN(C)CCc1cc(C(=O)Nc2cc(-c3ccc(N)cc3)ccc2N)ccc1NC(=O)O. The Balaban J connectivity index is 1.86. The minimum absolute atomic E-state index is 0.334. The molecular weight excluding hydrogens is 406 g/mol. The highest BCUT2D eigenvalue weighted by Gasteiger charge is 2.14. The van der Waals surface area contributed by atoms with Crippen LogP contribution in [0, 0.1) is 0 Å². The number of hydrogen-bond acceptors (Lipinski definition) is 5. The number of nitrogens with one attached hydrogen (secondary N) is 2. The molecule has 166 valence electrons. The van der Waals surface area contributed by atoms with Crippen LogP contribution in [-0.2, 0) is 6.42 Å². The van der Waals surface area contributed by atoms with Gasteiger partial charge in [-0.3, -0.25) is 10.1 Å². The van der Waals surface area contributed by atoms with Crippen LogP contribution in [0.2, 0.25) is 0 Å². The number of nitrogen functional groups attached to an aromatic ring is 2. The first kappa shape index (κ1) is 22.6. The lowest BCUT2D eigenvalue weighted by Crippen LogP contribution is -2.18. The first-order valence-electron chi connectivity index (χ1n) is 10.1. The smallest absolute Gasteiger partial charge is 0.409 e. The second kappa shape index (κ2) is 9.84. The average Bonchev–Trinajstić information content (AvgIpc) is 2.74. The molecule has 3 aromatic rings. The van der Waals surface area contributed by atoms with Crippen molar-refractivity contribution in [1.82, 2.24) is 4.90 Å². The Labute approximate surface area is 186 Å². The summed E-state index contributed by atoms with van der Waals surface area (Å²) >= 11 is 0. The van der Waals surface area contributed by atoms with E-state index in [2.05, 4.69) is 10.6 Å². The van der Waals surface area contributed by atoms with Crippen molar-refractivity contribution in [1.29, 1.82) is 0 Å². The number of hydrogen-bond donors (Lipinski definition) is 5. The van der Waals surface area contributed by atoms with E-state index in [1.54, 1.807) is 24.3 Å². The third-order valence-electron chi connectivity index (χ3n) is 4.98. The van der Waals surface area contributed by atoms with E-state index in [1.165, 1.54) is 0 Å². The van der Waals surface area contributed by atoms with E-state index in [-0.39, 0.29) is 5.91 Å². The fourth-order valence-corrected chi connectivity index (χ4v) is 3.24. The van der Waals surface area contributed by atoms with E-state index in [4.69, 9.17) is 16.6 Å². The van der Waals surface area contributed by atoms with Crippen LogP contribution in [-0.4, -0.2) is 42.6 Å². The number of nitrogens with two attached hydrogens (primary N) is 2. The van der Waals surface area contributed by atoms with Crippen LogP contribution >= 0.6 is 0 Å². The largest absolute Gasteiger partial charge is 0.465 e. The second-order valence-corrected chi connectivity index (χ2v) is 7.73. The van der Waals surface area contributed by atoms with E-state index >= 15 is 0 Å². The summed E-state index contributed by atoms with van der Waals surface area (Å²) in [4.78, 5) is 26.0. The van der Waals surface area contributed by atoms with Gasteiger partial charge in [-0.25, -0.2) is 4.79 Å². The van der Waals surface area contributed by atoms with Crippen LogP contribution in [0.5, 0.6) is 0 Å². The number of carbonyl (C=O) groups excluding carboxylic acids is 1. The van der Waals surface area contributed by atoms with Crippen molar-refractivity contribution >= 4 is 34.7 Å². The molecule has 0 bridgehead atoms. The van der Waals surface area contributed by atoms with Crippen molar-refractivity contribution in [3.05, 3.63) is 71.8 Å². The zero-order chi connectivity index (χ0) is 23.3. The summed E-state index contributed by atoms with van der Waals surface area (Å²) in [6.45, 7) is 0.704. The molecule has 3 aromatic carbocycles. The molecule has 0 unspecified atom stereocenters. The number of benzene rings is 3. The molecular formula is C24H27N5O3. The van der Waals surface area contributed by atoms with Crippen LogP contribution in [0.3, 0.4) is 0 Å². The Morgan fingerprint density at radius 2 is 1.56 bits per heavy atom. The molecule has 0 heterocycles. The molecule has 32 heavy (non-hydrogen) atoms. The maximum atomic E-state index is 13.0. The predicted octanol–water partition coefficient (Wildman–Crippen LogP) is 3.96. The minimum Gasteiger partial charge on any atom is -0.465 e. The first-order valence-corrected chi connectivity index (χ1v) is 10.1. The number of carboxylic acid groups (broad SMARTS) is 1. The number of likely N-dealkylation sites (N-methyl/N-ethyl adjacent to an activating group) is 1. The Hall–Kier alpha value is -4.04. The maximum Gasteiger partial charge on any atom is 0.409 e. The molecule has 7 N–H and O–H groups in total. The zero-order valence-corrected chi connectivity index (χ0v) is 18.1. The summed E-state index contributed by atoms with van der Waals surface area (Å²) < 4.78 is 0. The van der Waals surface area contributed by atoms with Gasteiger partial charge in [-0.15, -0.1) is 0 Å². The maximum absolute atomic E-state index is 13.0. The van der Waals surface area contributed by atoms with Crippen molar-refractivity contribution in [2.45, 2.75) is 6.42 Å². The highest BCUT2D eigenvalue weighted by atomic mass is 16.4. The monoisotopic (exact) mass is 433 g/mol. The van der Waals surface area contributed by atoms with E-state index in [0.717, 1.165) is 16.7 Å². The molecule has 8 nitrogen and oxygen atoms in total. The number of rotatable bonds is 7. The number of amides is 2. The lowest BCUT2D eigenvalue weighted by molar-refractivity contribution is 0.102. The summed E-state index contributed by atoms with van der Waals surface area (Å²) in [6, 6.07) is 17.7. The average molecular weight is 434 g/mol.